The number of halogens is 1. The van der Waals surface area contributed by atoms with Crippen LogP contribution in [0.25, 0.3) is 5.69 Å². The van der Waals surface area contributed by atoms with Crippen LogP contribution in [0.4, 0.5) is 5.82 Å². The Labute approximate surface area is 129 Å². The normalized spacial score (nSPS) is 10.6. The number of anilines is 1. The zero-order valence-electron chi connectivity index (χ0n) is 11.2. The van der Waals surface area contributed by atoms with Gasteiger partial charge in [-0.15, -0.1) is 0 Å². The number of H-pyrrole nitrogens is 1. The van der Waals surface area contributed by atoms with Crippen molar-refractivity contribution in [3.05, 3.63) is 58.5 Å². The summed E-state index contributed by atoms with van der Waals surface area (Å²) in [7, 11) is 0. The summed E-state index contributed by atoms with van der Waals surface area (Å²) in [6.45, 7) is 1.87. The van der Waals surface area contributed by atoms with Gasteiger partial charge >= 0.3 is 0 Å². The first-order valence-corrected chi connectivity index (χ1v) is 7.05. The Hall–Kier alpha value is -2.41. The van der Waals surface area contributed by atoms with Crippen LogP contribution in [0.15, 0.2) is 47.2 Å². The van der Waals surface area contributed by atoms with Crippen molar-refractivity contribution in [3.8, 4) is 5.69 Å². The number of nitrogens with one attached hydrogen (secondary N) is 2. The van der Waals surface area contributed by atoms with Gasteiger partial charge in [-0.2, -0.15) is 10.2 Å². The van der Waals surface area contributed by atoms with E-state index in [1.807, 2.05) is 31.2 Å². The molecule has 6 nitrogen and oxygen atoms in total. The maximum Gasteiger partial charge on any atom is 0.260 e. The predicted octanol–water partition coefficient (Wildman–Crippen LogP) is 2.92. The minimum atomic E-state index is -0.247. The predicted molar refractivity (Wildman–Crippen MR) is 82.5 cm³/mol. The summed E-state index contributed by atoms with van der Waals surface area (Å²) in [4.78, 5) is 12.1. The van der Waals surface area contributed by atoms with Gasteiger partial charge in [0.05, 0.1) is 17.4 Å². The first-order chi connectivity index (χ1) is 10.1. The van der Waals surface area contributed by atoms with E-state index in [1.165, 1.54) is 6.20 Å². The lowest BCUT2D eigenvalue weighted by molar-refractivity contribution is 0.102. The molecular formula is C14H12BrN5O. The molecular weight excluding hydrogens is 334 g/mol. The molecule has 1 amide bonds. The maximum atomic E-state index is 12.1. The maximum absolute atomic E-state index is 12.1. The summed E-state index contributed by atoms with van der Waals surface area (Å²) in [6, 6.07) is 9.44. The highest BCUT2D eigenvalue weighted by atomic mass is 79.9. The number of hydrogen-bond donors (Lipinski definition) is 2. The second-order valence-electron chi connectivity index (χ2n) is 4.54. The molecule has 0 aliphatic heterocycles. The number of aryl methyl sites for hydroxylation is 1. The number of benzene rings is 1. The number of nitrogens with zero attached hydrogens (tertiary/aromatic N) is 3. The van der Waals surface area contributed by atoms with Gasteiger partial charge in [0.25, 0.3) is 5.91 Å². The fraction of sp³-hybridized carbons (Fsp3) is 0.0714. The minimum Gasteiger partial charge on any atom is -0.305 e. The largest absolute Gasteiger partial charge is 0.305 e. The van der Waals surface area contributed by atoms with E-state index in [1.54, 1.807) is 16.9 Å². The quantitative estimate of drug-likeness (QED) is 0.766. The molecule has 0 fully saturated rings. The van der Waals surface area contributed by atoms with Gasteiger partial charge in [0, 0.05) is 22.4 Å². The smallest absolute Gasteiger partial charge is 0.260 e. The molecule has 2 heterocycles. The Kier molecular flexibility index (Phi) is 3.57. The van der Waals surface area contributed by atoms with Gasteiger partial charge in [0.1, 0.15) is 0 Å². The summed E-state index contributed by atoms with van der Waals surface area (Å²) >= 11 is 3.41. The van der Waals surface area contributed by atoms with Crippen LogP contribution < -0.4 is 5.32 Å². The van der Waals surface area contributed by atoms with Gasteiger partial charge in [0.15, 0.2) is 5.82 Å². The highest BCUT2D eigenvalue weighted by Crippen LogP contribution is 2.15. The van der Waals surface area contributed by atoms with Crippen molar-refractivity contribution < 1.29 is 4.79 Å². The summed E-state index contributed by atoms with van der Waals surface area (Å²) in [5.74, 6) is 0.246. The van der Waals surface area contributed by atoms with E-state index in [0.717, 1.165) is 15.9 Å². The Bertz CT molecular complexity index is 792. The number of carbonyl (C=O) groups excluding carboxylic acids is 1. The molecule has 21 heavy (non-hydrogen) atoms. The molecule has 0 bridgehead atoms. The molecule has 0 atom stereocenters. The van der Waals surface area contributed by atoms with Crippen LogP contribution in [0.2, 0.25) is 0 Å². The lowest BCUT2D eigenvalue weighted by atomic mass is 10.3. The van der Waals surface area contributed by atoms with Gasteiger partial charge < -0.3 is 5.32 Å². The van der Waals surface area contributed by atoms with Crippen molar-refractivity contribution in [1.29, 1.82) is 0 Å². The first kappa shape index (κ1) is 13.6. The third kappa shape index (κ3) is 3.03. The molecule has 3 aromatic rings. The average molecular weight is 346 g/mol. The van der Waals surface area contributed by atoms with Crippen molar-refractivity contribution in [3.63, 3.8) is 0 Å². The summed E-state index contributed by atoms with van der Waals surface area (Å²) < 4.78 is 2.60. The van der Waals surface area contributed by atoms with E-state index < -0.39 is 0 Å². The molecule has 0 saturated heterocycles. The minimum absolute atomic E-state index is 0.247. The highest BCUT2D eigenvalue weighted by Gasteiger charge is 2.11. The second kappa shape index (κ2) is 5.53. The number of hydrogen-bond acceptors (Lipinski definition) is 3. The van der Waals surface area contributed by atoms with Crippen molar-refractivity contribution in [2.75, 3.05) is 5.32 Å². The third-order valence-corrected chi connectivity index (χ3v) is 3.36. The molecule has 1 aromatic carbocycles. The SMILES string of the molecule is Cc1cc(NC(=O)c2cnn(-c3cccc(Br)c3)c2)n[nH]1. The number of rotatable bonds is 3. The molecule has 0 unspecified atom stereocenters. The monoisotopic (exact) mass is 345 g/mol. The number of aromatic nitrogens is 4. The molecule has 106 valence electrons. The molecule has 0 aliphatic rings. The van der Waals surface area contributed by atoms with Crippen molar-refractivity contribution in [1.82, 2.24) is 20.0 Å². The summed E-state index contributed by atoms with van der Waals surface area (Å²) in [5.41, 5.74) is 2.23. The van der Waals surface area contributed by atoms with E-state index in [0.29, 0.717) is 11.4 Å². The van der Waals surface area contributed by atoms with E-state index in [2.05, 4.69) is 36.5 Å². The topological polar surface area (TPSA) is 75.6 Å². The van der Waals surface area contributed by atoms with Crippen LogP contribution in [0.1, 0.15) is 16.1 Å². The van der Waals surface area contributed by atoms with Gasteiger partial charge in [0.2, 0.25) is 0 Å². The van der Waals surface area contributed by atoms with Crippen LogP contribution in [0, 0.1) is 6.92 Å². The zero-order chi connectivity index (χ0) is 14.8. The lowest BCUT2D eigenvalue weighted by Crippen LogP contribution is -2.11. The lowest BCUT2D eigenvalue weighted by Gasteiger charge is -2.01. The van der Waals surface area contributed by atoms with E-state index in [4.69, 9.17) is 0 Å². The van der Waals surface area contributed by atoms with Gasteiger partial charge in [-0.25, -0.2) is 4.68 Å². The van der Waals surface area contributed by atoms with Gasteiger partial charge in [-0.3, -0.25) is 9.89 Å². The Morgan fingerprint density at radius 1 is 1.38 bits per heavy atom. The average Bonchev–Trinajstić information content (AvgIpc) is 3.08. The number of amides is 1. The van der Waals surface area contributed by atoms with E-state index in [-0.39, 0.29) is 5.91 Å². The fourth-order valence-electron chi connectivity index (χ4n) is 1.87. The number of carbonyl (C=O) groups is 1. The van der Waals surface area contributed by atoms with Crippen LogP contribution >= 0.6 is 15.9 Å². The number of aromatic amines is 1. The van der Waals surface area contributed by atoms with Crippen molar-refractivity contribution in [2.24, 2.45) is 0 Å². The van der Waals surface area contributed by atoms with E-state index in [9.17, 15) is 4.79 Å². The Morgan fingerprint density at radius 3 is 2.95 bits per heavy atom. The first-order valence-electron chi connectivity index (χ1n) is 6.26. The molecule has 0 saturated carbocycles. The zero-order valence-corrected chi connectivity index (χ0v) is 12.8. The molecule has 7 heteroatoms. The Morgan fingerprint density at radius 2 is 2.24 bits per heavy atom. The molecule has 0 aliphatic carbocycles. The molecule has 2 aromatic heterocycles. The second-order valence-corrected chi connectivity index (χ2v) is 5.46. The highest BCUT2D eigenvalue weighted by molar-refractivity contribution is 9.10. The Balaban J connectivity index is 1.80. The van der Waals surface area contributed by atoms with Crippen LogP contribution in [-0.4, -0.2) is 25.9 Å². The molecule has 2 N–H and O–H groups in total. The third-order valence-electron chi connectivity index (χ3n) is 2.87. The van der Waals surface area contributed by atoms with Gasteiger partial charge in [-0.1, -0.05) is 22.0 Å². The summed E-state index contributed by atoms with van der Waals surface area (Å²) in [6.07, 6.45) is 3.20. The van der Waals surface area contributed by atoms with Crippen molar-refractivity contribution in [2.45, 2.75) is 6.92 Å². The molecule has 3 rings (SSSR count). The van der Waals surface area contributed by atoms with Gasteiger partial charge in [-0.05, 0) is 25.1 Å². The van der Waals surface area contributed by atoms with Crippen LogP contribution in [0.3, 0.4) is 0 Å². The molecule has 0 radical (unpaired) electrons. The fourth-order valence-corrected chi connectivity index (χ4v) is 2.26. The summed E-state index contributed by atoms with van der Waals surface area (Å²) in [5, 5.41) is 13.7. The van der Waals surface area contributed by atoms with Crippen LogP contribution in [0.5, 0.6) is 0 Å². The van der Waals surface area contributed by atoms with E-state index >= 15 is 0 Å². The standard InChI is InChI=1S/C14H12BrN5O/c1-9-5-13(19-18-9)17-14(21)10-7-16-20(8-10)12-4-2-3-11(15)6-12/h2-8H,1H3,(H2,17,18,19,21). The van der Waals surface area contributed by atoms with Crippen molar-refractivity contribution >= 4 is 27.7 Å². The van der Waals surface area contributed by atoms with Crippen LogP contribution in [-0.2, 0) is 0 Å². The molecule has 0 spiro atoms.